The average molecular weight is 354 g/mol. The number of likely N-dealkylation sites (tertiary alicyclic amines) is 1. The van der Waals surface area contributed by atoms with Crippen molar-refractivity contribution in [3.05, 3.63) is 65.7 Å². The lowest BCUT2D eigenvalue weighted by Crippen LogP contribution is -2.27. The normalized spacial score (nSPS) is 13.7. The van der Waals surface area contributed by atoms with E-state index in [0.29, 0.717) is 5.75 Å². The first kappa shape index (κ1) is 17.5. The van der Waals surface area contributed by atoms with Crippen LogP contribution in [0.15, 0.2) is 54.6 Å². The third-order valence-corrected chi connectivity index (χ3v) is 5.16. The molecular formula is C20H22N2O2S. The third kappa shape index (κ3) is 5.10. The molecule has 0 spiro atoms. The highest BCUT2D eigenvalue weighted by Gasteiger charge is 2.19. The number of thioether (sulfide) groups is 1. The van der Waals surface area contributed by atoms with Crippen molar-refractivity contribution in [3.63, 3.8) is 0 Å². The van der Waals surface area contributed by atoms with Gasteiger partial charge in [-0.25, -0.2) is 0 Å². The standard InChI is InChI=1S/C20H22N2O2S/c23-19(21-18-6-2-1-3-7-18)15-25-14-16-8-10-17(11-9-16)20(24)22-12-4-5-13-22/h1-3,6-11H,4-5,12-15H2,(H,21,23). The molecule has 1 heterocycles. The molecule has 0 aliphatic carbocycles. The Hall–Kier alpha value is -2.27. The molecule has 2 aromatic rings. The summed E-state index contributed by atoms with van der Waals surface area (Å²) in [5.74, 6) is 1.28. The van der Waals surface area contributed by atoms with Crippen LogP contribution in [0.1, 0.15) is 28.8 Å². The maximum atomic E-state index is 12.3. The van der Waals surface area contributed by atoms with Gasteiger partial charge in [-0.15, -0.1) is 11.8 Å². The molecule has 0 unspecified atom stereocenters. The van der Waals surface area contributed by atoms with Gasteiger partial charge in [0.2, 0.25) is 5.91 Å². The van der Waals surface area contributed by atoms with Gasteiger partial charge in [-0.05, 0) is 42.7 Å². The lowest BCUT2D eigenvalue weighted by molar-refractivity contribution is -0.113. The van der Waals surface area contributed by atoms with E-state index in [-0.39, 0.29) is 11.8 Å². The summed E-state index contributed by atoms with van der Waals surface area (Å²) in [6.45, 7) is 1.74. The fourth-order valence-corrected chi connectivity index (χ4v) is 3.61. The number of amides is 2. The highest BCUT2D eigenvalue weighted by Crippen LogP contribution is 2.17. The Morgan fingerprint density at radius 2 is 1.64 bits per heavy atom. The molecular weight excluding hydrogens is 332 g/mol. The molecule has 2 amide bonds. The van der Waals surface area contributed by atoms with Crippen molar-refractivity contribution in [2.75, 3.05) is 24.2 Å². The van der Waals surface area contributed by atoms with Crippen LogP contribution in [0.2, 0.25) is 0 Å². The van der Waals surface area contributed by atoms with Crippen LogP contribution < -0.4 is 5.32 Å². The van der Waals surface area contributed by atoms with Crippen molar-refractivity contribution in [2.45, 2.75) is 18.6 Å². The predicted octanol–water partition coefficient (Wildman–Crippen LogP) is 3.79. The Bertz CT molecular complexity index is 710. The van der Waals surface area contributed by atoms with Crippen LogP contribution in [0, 0.1) is 0 Å². The second kappa shape index (κ2) is 8.72. The molecule has 0 saturated carbocycles. The van der Waals surface area contributed by atoms with E-state index in [1.54, 1.807) is 11.8 Å². The van der Waals surface area contributed by atoms with Gasteiger partial charge < -0.3 is 10.2 Å². The van der Waals surface area contributed by atoms with E-state index in [9.17, 15) is 9.59 Å². The Labute approximate surface area is 152 Å². The Balaban J connectivity index is 1.44. The zero-order valence-corrected chi connectivity index (χ0v) is 14.9. The van der Waals surface area contributed by atoms with Crippen LogP contribution in [0.25, 0.3) is 0 Å². The van der Waals surface area contributed by atoms with Crippen molar-refractivity contribution in [1.29, 1.82) is 0 Å². The number of rotatable bonds is 6. The largest absolute Gasteiger partial charge is 0.339 e. The summed E-state index contributed by atoms with van der Waals surface area (Å²) in [4.78, 5) is 26.1. The molecule has 0 radical (unpaired) electrons. The molecule has 5 heteroatoms. The summed E-state index contributed by atoms with van der Waals surface area (Å²) in [5.41, 5.74) is 2.69. The third-order valence-electron chi connectivity index (χ3n) is 4.15. The predicted molar refractivity (Wildman–Crippen MR) is 103 cm³/mol. The van der Waals surface area contributed by atoms with E-state index in [1.165, 1.54) is 0 Å². The van der Waals surface area contributed by atoms with E-state index in [4.69, 9.17) is 0 Å². The summed E-state index contributed by atoms with van der Waals surface area (Å²) >= 11 is 1.57. The number of nitrogens with zero attached hydrogens (tertiary/aromatic N) is 1. The highest BCUT2D eigenvalue weighted by atomic mass is 32.2. The van der Waals surface area contributed by atoms with Crippen LogP contribution in [-0.4, -0.2) is 35.6 Å². The minimum atomic E-state index is -0.00275. The van der Waals surface area contributed by atoms with Gasteiger partial charge in [0.25, 0.3) is 5.91 Å². The van der Waals surface area contributed by atoms with Crippen LogP contribution in [-0.2, 0) is 10.5 Å². The first-order valence-corrected chi connectivity index (χ1v) is 9.69. The second-order valence-electron chi connectivity index (χ2n) is 6.10. The minimum Gasteiger partial charge on any atom is -0.339 e. The Morgan fingerprint density at radius 1 is 0.960 bits per heavy atom. The molecule has 1 N–H and O–H groups in total. The van der Waals surface area contributed by atoms with E-state index in [0.717, 1.165) is 48.5 Å². The summed E-state index contributed by atoms with van der Waals surface area (Å²) in [6, 6.07) is 17.2. The molecule has 0 aromatic heterocycles. The van der Waals surface area contributed by atoms with Crippen LogP contribution in [0.5, 0.6) is 0 Å². The van der Waals surface area contributed by atoms with Gasteiger partial charge in [0.05, 0.1) is 5.75 Å². The molecule has 1 saturated heterocycles. The maximum absolute atomic E-state index is 12.3. The quantitative estimate of drug-likeness (QED) is 0.858. The molecule has 25 heavy (non-hydrogen) atoms. The molecule has 3 rings (SSSR count). The number of hydrogen-bond acceptors (Lipinski definition) is 3. The molecule has 130 valence electrons. The van der Waals surface area contributed by atoms with Gasteiger partial charge in [0, 0.05) is 30.1 Å². The maximum Gasteiger partial charge on any atom is 0.253 e. The molecule has 4 nitrogen and oxygen atoms in total. The lowest BCUT2D eigenvalue weighted by atomic mass is 10.1. The van der Waals surface area contributed by atoms with E-state index >= 15 is 0 Å². The van der Waals surface area contributed by atoms with Crippen LogP contribution in [0.4, 0.5) is 5.69 Å². The summed E-state index contributed by atoms with van der Waals surface area (Å²) in [7, 11) is 0. The zero-order chi connectivity index (χ0) is 17.5. The first-order valence-electron chi connectivity index (χ1n) is 8.53. The summed E-state index contributed by atoms with van der Waals surface area (Å²) in [5, 5.41) is 2.87. The lowest BCUT2D eigenvalue weighted by Gasteiger charge is -2.15. The number of hydrogen-bond donors (Lipinski definition) is 1. The van der Waals surface area contributed by atoms with Gasteiger partial charge in [0.15, 0.2) is 0 Å². The van der Waals surface area contributed by atoms with Gasteiger partial charge in [-0.2, -0.15) is 0 Å². The van der Waals surface area contributed by atoms with E-state index in [1.807, 2.05) is 59.5 Å². The van der Waals surface area contributed by atoms with Crippen LogP contribution >= 0.6 is 11.8 Å². The SMILES string of the molecule is O=C(CSCc1ccc(C(=O)N2CCCC2)cc1)Nc1ccccc1. The number of para-hydroxylation sites is 1. The topological polar surface area (TPSA) is 49.4 Å². The van der Waals surface area contributed by atoms with Crippen molar-refractivity contribution in [3.8, 4) is 0 Å². The monoisotopic (exact) mass is 354 g/mol. The molecule has 1 aliphatic rings. The van der Waals surface area contributed by atoms with Gasteiger partial charge >= 0.3 is 0 Å². The number of anilines is 1. The van der Waals surface area contributed by atoms with Crippen molar-refractivity contribution in [1.82, 2.24) is 4.90 Å². The van der Waals surface area contributed by atoms with Gasteiger partial charge in [-0.3, -0.25) is 9.59 Å². The van der Waals surface area contributed by atoms with E-state index < -0.39 is 0 Å². The Kier molecular flexibility index (Phi) is 6.12. The second-order valence-corrected chi connectivity index (χ2v) is 7.09. The highest BCUT2D eigenvalue weighted by molar-refractivity contribution is 7.99. The average Bonchev–Trinajstić information content (AvgIpc) is 3.17. The van der Waals surface area contributed by atoms with Crippen molar-refractivity contribution < 1.29 is 9.59 Å². The first-order chi connectivity index (χ1) is 12.2. The molecule has 2 aromatic carbocycles. The molecule has 0 bridgehead atoms. The number of carbonyl (C=O) groups excluding carboxylic acids is 2. The molecule has 0 atom stereocenters. The van der Waals surface area contributed by atoms with E-state index in [2.05, 4.69) is 5.32 Å². The van der Waals surface area contributed by atoms with Gasteiger partial charge in [0.1, 0.15) is 0 Å². The Morgan fingerprint density at radius 3 is 2.32 bits per heavy atom. The fraction of sp³-hybridized carbons (Fsp3) is 0.300. The zero-order valence-electron chi connectivity index (χ0n) is 14.1. The number of benzene rings is 2. The summed E-state index contributed by atoms with van der Waals surface area (Å²) < 4.78 is 0. The number of carbonyl (C=O) groups is 2. The fourth-order valence-electron chi connectivity index (χ4n) is 2.83. The van der Waals surface area contributed by atoms with Crippen molar-refractivity contribution >= 4 is 29.3 Å². The minimum absolute atomic E-state index is 0.00275. The molecule has 1 aliphatic heterocycles. The summed E-state index contributed by atoms with van der Waals surface area (Å²) in [6.07, 6.45) is 2.21. The smallest absolute Gasteiger partial charge is 0.253 e. The van der Waals surface area contributed by atoms with Crippen LogP contribution in [0.3, 0.4) is 0 Å². The van der Waals surface area contributed by atoms with Crippen molar-refractivity contribution in [2.24, 2.45) is 0 Å². The number of nitrogens with one attached hydrogen (secondary N) is 1. The van der Waals surface area contributed by atoms with Gasteiger partial charge in [-0.1, -0.05) is 30.3 Å². The molecule has 1 fully saturated rings.